The first-order valence-corrected chi connectivity index (χ1v) is 7.97. The van der Waals surface area contributed by atoms with E-state index < -0.39 is 13.9 Å². The third-order valence-electron chi connectivity index (χ3n) is 2.87. The summed E-state index contributed by atoms with van der Waals surface area (Å²) in [6, 6.07) is -0.312. The van der Waals surface area contributed by atoms with Gasteiger partial charge in [-0.2, -0.15) is 0 Å². The van der Waals surface area contributed by atoms with Crippen molar-refractivity contribution in [2.24, 2.45) is 0 Å². The van der Waals surface area contributed by atoms with Crippen molar-refractivity contribution < 1.29 is 32.8 Å². The average molecular weight is 338 g/mol. The second kappa shape index (κ2) is 10.5. The molecular formula is C12H23N2O7P. The number of phosphoric acid groups is 1. The highest BCUT2D eigenvalue weighted by Crippen LogP contribution is 2.42. The number of rotatable bonds is 11. The van der Waals surface area contributed by atoms with Gasteiger partial charge in [0.2, 0.25) is 12.3 Å². The smallest absolute Gasteiger partial charge is 0.379 e. The number of methoxy groups -OCH3 is 1. The molecule has 128 valence electrons. The molecule has 0 saturated carbocycles. The molecule has 0 radical (unpaired) electrons. The SMILES string of the molecule is CNC(=O)/C=C\N(C=O)C(C)CC(COP(=O)(O)OC)OC. The van der Waals surface area contributed by atoms with Crippen molar-refractivity contribution >= 4 is 20.1 Å². The van der Waals surface area contributed by atoms with Crippen LogP contribution in [0.3, 0.4) is 0 Å². The minimum atomic E-state index is -4.07. The summed E-state index contributed by atoms with van der Waals surface area (Å²) in [5, 5.41) is 2.39. The topological polar surface area (TPSA) is 114 Å². The molecule has 10 heteroatoms. The molecule has 0 bridgehead atoms. The number of nitrogens with zero attached hydrogens (tertiary/aromatic N) is 1. The van der Waals surface area contributed by atoms with Crippen molar-refractivity contribution in [3.8, 4) is 0 Å². The summed E-state index contributed by atoms with van der Waals surface area (Å²) in [7, 11) is -0.123. The molecule has 0 fully saturated rings. The van der Waals surface area contributed by atoms with Gasteiger partial charge in [-0.15, -0.1) is 0 Å². The van der Waals surface area contributed by atoms with E-state index in [1.54, 1.807) is 6.92 Å². The van der Waals surface area contributed by atoms with Gasteiger partial charge in [-0.05, 0) is 13.3 Å². The predicted octanol–water partition coefficient (Wildman–Crippen LogP) is 0.261. The monoisotopic (exact) mass is 338 g/mol. The zero-order valence-electron chi connectivity index (χ0n) is 13.1. The van der Waals surface area contributed by atoms with E-state index in [2.05, 4.69) is 9.84 Å². The number of hydrogen-bond donors (Lipinski definition) is 2. The Bertz CT molecular complexity index is 430. The standard InChI is InChI=1S/C12H23N2O7P/c1-10(14(9-15)6-5-12(16)13-2)7-11(19-3)8-21-22(17,18)20-4/h5-6,9-11H,7-8H2,1-4H3,(H,13,16)(H,17,18)/b6-5-. The highest BCUT2D eigenvalue weighted by Gasteiger charge is 2.23. The van der Waals surface area contributed by atoms with Gasteiger partial charge in [-0.3, -0.25) is 18.6 Å². The van der Waals surface area contributed by atoms with Gasteiger partial charge in [0.1, 0.15) is 0 Å². The molecule has 0 spiro atoms. The van der Waals surface area contributed by atoms with Gasteiger partial charge < -0.3 is 19.8 Å². The van der Waals surface area contributed by atoms with E-state index in [9.17, 15) is 14.2 Å². The molecule has 3 unspecified atom stereocenters. The maximum atomic E-state index is 11.2. The molecular weight excluding hydrogens is 315 g/mol. The summed E-state index contributed by atoms with van der Waals surface area (Å²) < 4.78 is 25.4. The first-order valence-electron chi connectivity index (χ1n) is 6.48. The predicted molar refractivity (Wildman–Crippen MR) is 78.8 cm³/mol. The van der Waals surface area contributed by atoms with Gasteiger partial charge in [-0.1, -0.05) is 0 Å². The quantitative estimate of drug-likeness (QED) is 0.315. The zero-order valence-corrected chi connectivity index (χ0v) is 14.0. The summed E-state index contributed by atoms with van der Waals surface area (Å²) in [6.07, 6.45) is 2.94. The number of carbonyl (C=O) groups excluding carboxylic acids is 2. The molecule has 3 atom stereocenters. The minimum Gasteiger partial charge on any atom is -0.379 e. The molecule has 2 amide bonds. The molecule has 0 rings (SSSR count). The van der Waals surface area contributed by atoms with Gasteiger partial charge in [0.05, 0.1) is 12.7 Å². The number of ether oxygens (including phenoxy) is 1. The van der Waals surface area contributed by atoms with E-state index in [1.165, 1.54) is 31.3 Å². The number of hydrogen-bond acceptors (Lipinski definition) is 6. The van der Waals surface area contributed by atoms with Crippen LogP contribution in [-0.4, -0.2) is 62.1 Å². The summed E-state index contributed by atoms with van der Waals surface area (Å²) >= 11 is 0. The van der Waals surface area contributed by atoms with E-state index in [4.69, 9.17) is 14.2 Å². The molecule has 2 N–H and O–H groups in total. The third-order valence-corrected chi connectivity index (χ3v) is 3.80. The molecule has 9 nitrogen and oxygen atoms in total. The molecule has 0 aromatic rings. The lowest BCUT2D eigenvalue weighted by Crippen LogP contribution is -2.33. The Labute approximate surface area is 129 Å². The van der Waals surface area contributed by atoms with E-state index in [1.807, 2.05) is 0 Å². The summed E-state index contributed by atoms with van der Waals surface area (Å²) in [6.45, 7) is 1.57. The van der Waals surface area contributed by atoms with E-state index in [0.29, 0.717) is 12.8 Å². The fraction of sp³-hybridized carbons (Fsp3) is 0.667. The van der Waals surface area contributed by atoms with Crippen LogP contribution in [-0.2, 0) is 27.9 Å². The van der Waals surface area contributed by atoms with Crippen molar-refractivity contribution in [3.05, 3.63) is 12.3 Å². The molecule has 0 aliphatic carbocycles. The first-order chi connectivity index (χ1) is 10.3. The Balaban J connectivity index is 4.58. The molecule has 0 aliphatic heterocycles. The van der Waals surface area contributed by atoms with Crippen LogP contribution in [0.1, 0.15) is 13.3 Å². The van der Waals surface area contributed by atoms with Crippen LogP contribution in [0.4, 0.5) is 0 Å². The lowest BCUT2D eigenvalue weighted by molar-refractivity contribution is -0.118. The number of likely N-dealkylation sites (N-methyl/N-ethyl adjacent to an activating group) is 1. The van der Waals surface area contributed by atoms with Gasteiger partial charge >= 0.3 is 7.82 Å². The average Bonchev–Trinajstić information content (AvgIpc) is 2.51. The fourth-order valence-corrected chi connectivity index (χ4v) is 1.95. The Morgan fingerprint density at radius 1 is 1.45 bits per heavy atom. The molecule has 22 heavy (non-hydrogen) atoms. The Morgan fingerprint density at radius 2 is 2.09 bits per heavy atom. The van der Waals surface area contributed by atoms with E-state index in [-0.39, 0.29) is 18.6 Å². The van der Waals surface area contributed by atoms with Crippen LogP contribution >= 0.6 is 7.82 Å². The van der Waals surface area contributed by atoms with Crippen LogP contribution in [0.15, 0.2) is 12.3 Å². The molecule has 0 heterocycles. The Morgan fingerprint density at radius 3 is 2.55 bits per heavy atom. The van der Waals surface area contributed by atoms with Crippen LogP contribution < -0.4 is 5.32 Å². The van der Waals surface area contributed by atoms with Crippen LogP contribution in [0.2, 0.25) is 0 Å². The lowest BCUT2D eigenvalue weighted by atomic mass is 10.1. The Hall–Kier alpha value is -1.25. The number of carbonyl (C=O) groups is 2. The van der Waals surface area contributed by atoms with Crippen LogP contribution in [0.25, 0.3) is 0 Å². The number of phosphoric ester groups is 1. The normalized spacial score (nSPS) is 16.8. The Kier molecular flexibility index (Phi) is 9.88. The van der Waals surface area contributed by atoms with Crippen molar-refractivity contribution in [3.63, 3.8) is 0 Å². The van der Waals surface area contributed by atoms with E-state index in [0.717, 1.165) is 7.11 Å². The maximum absolute atomic E-state index is 11.2. The number of nitrogens with one attached hydrogen (secondary N) is 1. The van der Waals surface area contributed by atoms with E-state index >= 15 is 0 Å². The molecule has 0 aliphatic rings. The first kappa shape index (κ1) is 20.8. The second-order valence-corrected chi connectivity index (χ2v) is 5.93. The molecule has 0 aromatic carbocycles. The third kappa shape index (κ3) is 8.26. The lowest BCUT2D eigenvalue weighted by Gasteiger charge is -2.25. The largest absolute Gasteiger partial charge is 0.472 e. The highest BCUT2D eigenvalue weighted by atomic mass is 31.2. The van der Waals surface area contributed by atoms with Crippen LogP contribution in [0.5, 0.6) is 0 Å². The summed E-state index contributed by atoms with van der Waals surface area (Å²) in [5.74, 6) is -0.341. The second-order valence-electron chi connectivity index (χ2n) is 4.37. The number of amides is 2. The van der Waals surface area contributed by atoms with Crippen molar-refractivity contribution in [2.75, 3.05) is 27.9 Å². The van der Waals surface area contributed by atoms with Crippen molar-refractivity contribution in [1.29, 1.82) is 0 Å². The molecule has 0 saturated heterocycles. The van der Waals surface area contributed by atoms with Gasteiger partial charge in [-0.25, -0.2) is 4.57 Å². The highest BCUT2D eigenvalue weighted by molar-refractivity contribution is 7.47. The summed E-state index contributed by atoms with van der Waals surface area (Å²) in [4.78, 5) is 32.6. The van der Waals surface area contributed by atoms with Crippen molar-refractivity contribution in [2.45, 2.75) is 25.5 Å². The van der Waals surface area contributed by atoms with Gasteiger partial charge in [0, 0.05) is 39.6 Å². The van der Waals surface area contributed by atoms with Crippen molar-refractivity contribution in [1.82, 2.24) is 10.2 Å². The maximum Gasteiger partial charge on any atom is 0.472 e. The van der Waals surface area contributed by atoms with Gasteiger partial charge in [0.25, 0.3) is 0 Å². The minimum absolute atomic E-state index is 0.172. The summed E-state index contributed by atoms with van der Waals surface area (Å²) in [5.41, 5.74) is 0. The molecule has 0 aromatic heterocycles. The van der Waals surface area contributed by atoms with Gasteiger partial charge in [0.15, 0.2) is 0 Å². The van der Waals surface area contributed by atoms with Crippen LogP contribution in [0, 0.1) is 0 Å². The fourth-order valence-electron chi connectivity index (χ4n) is 1.49. The zero-order chi connectivity index (χ0) is 17.2.